The van der Waals surface area contributed by atoms with E-state index in [4.69, 9.17) is 10.3 Å². The van der Waals surface area contributed by atoms with Crippen LogP contribution in [0.15, 0.2) is 16.9 Å². The van der Waals surface area contributed by atoms with Crippen LogP contribution < -0.4 is 5.73 Å². The molecule has 0 spiro atoms. The molecule has 0 amide bonds. The van der Waals surface area contributed by atoms with E-state index in [2.05, 4.69) is 27.3 Å². The van der Waals surface area contributed by atoms with Gasteiger partial charge in [0.25, 0.3) is 5.89 Å². The van der Waals surface area contributed by atoms with E-state index >= 15 is 0 Å². The van der Waals surface area contributed by atoms with Crippen molar-refractivity contribution in [3.63, 3.8) is 0 Å². The predicted molar refractivity (Wildman–Crippen MR) is 65.4 cm³/mol. The molecule has 1 fully saturated rings. The normalized spacial score (nSPS) is 28.4. The number of hydrogen-bond acceptors (Lipinski definition) is 5. The fourth-order valence-corrected chi connectivity index (χ4v) is 2.71. The van der Waals surface area contributed by atoms with Crippen molar-refractivity contribution < 1.29 is 4.52 Å². The van der Waals surface area contributed by atoms with Crippen LogP contribution in [-0.2, 0) is 5.54 Å². The van der Waals surface area contributed by atoms with Crippen molar-refractivity contribution in [1.82, 2.24) is 20.3 Å². The van der Waals surface area contributed by atoms with E-state index in [1.165, 1.54) is 6.42 Å². The summed E-state index contributed by atoms with van der Waals surface area (Å²) in [4.78, 5) is 4.42. The Kier molecular flexibility index (Phi) is 2.66. The molecule has 1 aliphatic carbocycles. The summed E-state index contributed by atoms with van der Waals surface area (Å²) in [5, 5.41) is 10.6. The molecule has 0 radical (unpaired) electrons. The lowest BCUT2D eigenvalue weighted by Gasteiger charge is -2.33. The number of H-pyrrole nitrogens is 1. The average Bonchev–Trinajstić information content (AvgIpc) is 3.00. The van der Waals surface area contributed by atoms with Gasteiger partial charge < -0.3 is 10.3 Å². The molecular formula is C12H17N5O. The Morgan fingerprint density at radius 3 is 3.17 bits per heavy atom. The molecular weight excluding hydrogens is 230 g/mol. The highest BCUT2D eigenvalue weighted by atomic mass is 16.5. The Balaban J connectivity index is 1.88. The van der Waals surface area contributed by atoms with Crippen molar-refractivity contribution in [2.75, 3.05) is 0 Å². The molecule has 2 aromatic rings. The highest BCUT2D eigenvalue weighted by molar-refractivity contribution is 5.49. The highest BCUT2D eigenvalue weighted by Gasteiger charge is 2.37. The topological polar surface area (TPSA) is 93.6 Å². The van der Waals surface area contributed by atoms with Crippen molar-refractivity contribution >= 4 is 0 Å². The largest absolute Gasteiger partial charge is 0.334 e. The third-order valence-corrected chi connectivity index (χ3v) is 3.65. The summed E-state index contributed by atoms with van der Waals surface area (Å²) in [6.45, 7) is 2.22. The van der Waals surface area contributed by atoms with E-state index in [-0.39, 0.29) is 0 Å². The van der Waals surface area contributed by atoms with Gasteiger partial charge in [0.2, 0.25) is 0 Å². The first kappa shape index (κ1) is 11.4. The zero-order chi connectivity index (χ0) is 12.6. The van der Waals surface area contributed by atoms with Gasteiger partial charge in [-0.25, -0.2) is 0 Å². The minimum atomic E-state index is -0.441. The number of rotatable bonds is 2. The van der Waals surface area contributed by atoms with Gasteiger partial charge >= 0.3 is 0 Å². The Hall–Kier alpha value is -1.69. The molecule has 0 saturated heterocycles. The number of aromatic nitrogens is 4. The lowest BCUT2D eigenvalue weighted by atomic mass is 9.76. The monoisotopic (exact) mass is 247 g/mol. The molecule has 0 aromatic carbocycles. The third-order valence-electron chi connectivity index (χ3n) is 3.65. The van der Waals surface area contributed by atoms with E-state index in [1.807, 2.05) is 0 Å². The highest BCUT2D eigenvalue weighted by Crippen LogP contribution is 2.36. The van der Waals surface area contributed by atoms with Gasteiger partial charge in [-0.3, -0.25) is 5.10 Å². The molecule has 2 unspecified atom stereocenters. The second-order valence-electron chi connectivity index (χ2n) is 5.27. The number of nitrogens with one attached hydrogen (secondary N) is 1. The van der Waals surface area contributed by atoms with Crippen molar-refractivity contribution in [3.8, 4) is 11.5 Å². The molecule has 2 heterocycles. The smallest absolute Gasteiger partial charge is 0.261 e. The molecule has 6 heteroatoms. The summed E-state index contributed by atoms with van der Waals surface area (Å²) < 4.78 is 5.26. The number of nitrogens with zero attached hydrogens (tertiary/aromatic N) is 3. The minimum absolute atomic E-state index is 0.441. The summed E-state index contributed by atoms with van der Waals surface area (Å²) >= 11 is 0. The Bertz CT molecular complexity index is 520. The van der Waals surface area contributed by atoms with E-state index in [9.17, 15) is 0 Å². The first-order valence-corrected chi connectivity index (χ1v) is 6.29. The molecule has 0 aliphatic heterocycles. The summed E-state index contributed by atoms with van der Waals surface area (Å²) in [5.41, 5.74) is 6.78. The van der Waals surface area contributed by atoms with Crippen molar-refractivity contribution in [1.29, 1.82) is 0 Å². The standard InChI is InChI=1S/C12H17N5O/c1-8-3-2-4-12(13,5-8)11-16-10(18-17-11)9-6-14-15-7-9/h6-8H,2-5,13H2,1H3,(H,14,15). The van der Waals surface area contributed by atoms with Gasteiger partial charge in [0, 0.05) is 6.20 Å². The van der Waals surface area contributed by atoms with Crippen LogP contribution in [0, 0.1) is 5.92 Å². The predicted octanol–water partition coefficient (Wildman–Crippen LogP) is 1.82. The molecule has 2 atom stereocenters. The van der Waals surface area contributed by atoms with Crippen LogP contribution in [-0.4, -0.2) is 20.3 Å². The second kappa shape index (κ2) is 4.20. The Morgan fingerprint density at radius 1 is 1.56 bits per heavy atom. The molecule has 1 saturated carbocycles. The number of nitrogens with two attached hydrogens (primary N) is 1. The molecule has 3 N–H and O–H groups in total. The van der Waals surface area contributed by atoms with Crippen LogP contribution >= 0.6 is 0 Å². The maximum atomic E-state index is 6.43. The third kappa shape index (κ3) is 1.92. The molecule has 2 aromatic heterocycles. The van der Waals surface area contributed by atoms with Crippen LogP contribution in [0.25, 0.3) is 11.5 Å². The SMILES string of the molecule is CC1CCCC(N)(c2noc(-c3cn[nH]c3)n2)C1. The van der Waals surface area contributed by atoms with Gasteiger partial charge in [0.1, 0.15) is 0 Å². The zero-order valence-electron chi connectivity index (χ0n) is 10.4. The molecule has 0 bridgehead atoms. The minimum Gasteiger partial charge on any atom is -0.334 e. The summed E-state index contributed by atoms with van der Waals surface area (Å²) in [5.74, 6) is 1.70. The molecule has 96 valence electrons. The zero-order valence-corrected chi connectivity index (χ0v) is 10.4. The number of hydrogen-bond donors (Lipinski definition) is 2. The van der Waals surface area contributed by atoms with Crippen LogP contribution in [0.2, 0.25) is 0 Å². The Morgan fingerprint density at radius 2 is 2.44 bits per heavy atom. The van der Waals surface area contributed by atoms with Crippen LogP contribution in [0.4, 0.5) is 0 Å². The van der Waals surface area contributed by atoms with Crippen LogP contribution in [0.3, 0.4) is 0 Å². The number of aromatic amines is 1. The molecule has 18 heavy (non-hydrogen) atoms. The van der Waals surface area contributed by atoms with Gasteiger partial charge in [-0.1, -0.05) is 24.9 Å². The van der Waals surface area contributed by atoms with Crippen LogP contribution in [0.1, 0.15) is 38.4 Å². The van der Waals surface area contributed by atoms with Gasteiger partial charge in [-0.15, -0.1) is 0 Å². The molecule has 1 aliphatic rings. The van der Waals surface area contributed by atoms with Crippen LogP contribution in [0.5, 0.6) is 0 Å². The Labute approximate surface area is 105 Å². The second-order valence-corrected chi connectivity index (χ2v) is 5.27. The maximum absolute atomic E-state index is 6.43. The first-order chi connectivity index (χ1) is 8.67. The van der Waals surface area contributed by atoms with E-state index < -0.39 is 5.54 Å². The fraction of sp³-hybridized carbons (Fsp3) is 0.583. The molecule has 3 rings (SSSR count). The van der Waals surface area contributed by atoms with Gasteiger partial charge in [0.15, 0.2) is 5.82 Å². The summed E-state index contributed by atoms with van der Waals surface area (Å²) in [7, 11) is 0. The van der Waals surface area contributed by atoms with E-state index in [0.29, 0.717) is 17.6 Å². The first-order valence-electron chi connectivity index (χ1n) is 6.29. The van der Waals surface area contributed by atoms with Gasteiger partial charge in [0.05, 0.1) is 17.3 Å². The lowest BCUT2D eigenvalue weighted by molar-refractivity contribution is 0.222. The molecule has 6 nitrogen and oxygen atoms in total. The quantitative estimate of drug-likeness (QED) is 0.844. The maximum Gasteiger partial charge on any atom is 0.261 e. The average molecular weight is 247 g/mol. The van der Waals surface area contributed by atoms with Crippen molar-refractivity contribution in [2.45, 2.75) is 38.1 Å². The summed E-state index contributed by atoms with van der Waals surface area (Å²) in [6.07, 6.45) is 7.56. The van der Waals surface area contributed by atoms with E-state index in [1.54, 1.807) is 12.4 Å². The summed E-state index contributed by atoms with van der Waals surface area (Å²) in [6, 6.07) is 0. The lowest BCUT2D eigenvalue weighted by Crippen LogP contribution is -2.42. The van der Waals surface area contributed by atoms with Crippen molar-refractivity contribution in [2.24, 2.45) is 11.7 Å². The van der Waals surface area contributed by atoms with Gasteiger partial charge in [-0.05, 0) is 18.8 Å². The van der Waals surface area contributed by atoms with Gasteiger partial charge in [-0.2, -0.15) is 10.1 Å². The fourth-order valence-electron chi connectivity index (χ4n) is 2.71. The van der Waals surface area contributed by atoms with E-state index in [0.717, 1.165) is 24.8 Å². The van der Waals surface area contributed by atoms with Crippen molar-refractivity contribution in [3.05, 3.63) is 18.2 Å².